The Bertz CT molecular complexity index is 798. The van der Waals surface area contributed by atoms with E-state index >= 15 is 0 Å². The molecule has 0 radical (unpaired) electrons. The van der Waals surface area contributed by atoms with Gasteiger partial charge in [0.1, 0.15) is 11.4 Å². The Labute approximate surface area is 143 Å². The van der Waals surface area contributed by atoms with Gasteiger partial charge in [-0.2, -0.15) is 0 Å². The number of rotatable bonds is 3. The number of halogens is 1. The summed E-state index contributed by atoms with van der Waals surface area (Å²) in [5.74, 6) is -3.22. The molecule has 1 aromatic carbocycles. The molecule has 0 bridgehead atoms. The first kappa shape index (κ1) is 16.2. The van der Waals surface area contributed by atoms with Crippen molar-refractivity contribution in [1.82, 2.24) is 10.2 Å². The van der Waals surface area contributed by atoms with Crippen molar-refractivity contribution in [2.24, 2.45) is 11.8 Å². The highest BCUT2D eigenvalue weighted by molar-refractivity contribution is 6.15. The summed E-state index contributed by atoms with van der Waals surface area (Å²) in [7, 11) is 1.49. The fourth-order valence-electron chi connectivity index (χ4n) is 4.40. The van der Waals surface area contributed by atoms with E-state index in [1.165, 1.54) is 25.3 Å². The molecule has 1 aromatic rings. The molecule has 2 N–H and O–H groups in total. The second kappa shape index (κ2) is 5.34. The zero-order chi connectivity index (χ0) is 17.9. The Kier molecular flexibility index (Phi) is 3.45. The number of amides is 3. The standard InChI is InChI=1S/C17H18FN3O4/c1-8-12-13(15(23)21(14(12)22)5-6-25-2)17(20-8)10-7-9(18)3-4-11(10)19-16(17)24/h3-4,7-8,12-13,20H,5-6H2,1-2H3,(H,19,24)/t8-,12+,13+,17+/m0/s1. The number of nitrogens with zero attached hydrogens (tertiary/aromatic N) is 1. The Morgan fingerprint density at radius 2 is 2.04 bits per heavy atom. The number of methoxy groups -OCH3 is 1. The van der Waals surface area contributed by atoms with Gasteiger partial charge in [0.05, 0.1) is 25.0 Å². The van der Waals surface area contributed by atoms with Crippen LogP contribution in [-0.4, -0.2) is 48.9 Å². The van der Waals surface area contributed by atoms with Gasteiger partial charge < -0.3 is 10.1 Å². The molecule has 0 aliphatic carbocycles. The molecule has 2 saturated heterocycles. The van der Waals surface area contributed by atoms with Crippen LogP contribution < -0.4 is 10.6 Å². The molecular weight excluding hydrogens is 329 g/mol. The van der Waals surface area contributed by atoms with Crippen molar-refractivity contribution >= 4 is 23.4 Å². The van der Waals surface area contributed by atoms with Crippen molar-refractivity contribution in [3.63, 3.8) is 0 Å². The summed E-state index contributed by atoms with van der Waals surface area (Å²) in [5.41, 5.74) is -0.579. The van der Waals surface area contributed by atoms with Gasteiger partial charge in [-0.15, -0.1) is 0 Å². The molecule has 0 unspecified atom stereocenters. The van der Waals surface area contributed by atoms with Crippen LogP contribution in [0.2, 0.25) is 0 Å². The lowest BCUT2D eigenvalue weighted by molar-refractivity contribution is -0.143. The van der Waals surface area contributed by atoms with Crippen LogP contribution in [0.25, 0.3) is 0 Å². The maximum absolute atomic E-state index is 13.8. The highest BCUT2D eigenvalue weighted by Gasteiger charge is 2.69. The molecule has 132 valence electrons. The first-order valence-electron chi connectivity index (χ1n) is 8.15. The van der Waals surface area contributed by atoms with Crippen LogP contribution in [0.5, 0.6) is 0 Å². The number of anilines is 1. The molecule has 3 aliphatic rings. The minimum absolute atomic E-state index is 0.140. The molecule has 3 aliphatic heterocycles. The van der Waals surface area contributed by atoms with E-state index in [2.05, 4.69) is 10.6 Å². The topological polar surface area (TPSA) is 87.7 Å². The van der Waals surface area contributed by atoms with Crippen molar-refractivity contribution in [3.8, 4) is 0 Å². The van der Waals surface area contributed by atoms with E-state index in [9.17, 15) is 18.8 Å². The van der Waals surface area contributed by atoms with Gasteiger partial charge in [0.2, 0.25) is 17.7 Å². The number of carbonyl (C=O) groups excluding carboxylic acids is 3. The highest BCUT2D eigenvalue weighted by Crippen LogP contribution is 2.52. The van der Waals surface area contributed by atoms with Crippen LogP contribution in [-0.2, 0) is 24.7 Å². The molecular formula is C17H18FN3O4. The Morgan fingerprint density at radius 3 is 2.76 bits per heavy atom. The van der Waals surface area contributed by atoms with E-state index in [0.29, 0.717) is 11.3 Å². The molecule has 1 spiro atoms. The number of carbonyl (C=O) groups is 3. The van der Waals surface area contributed by atoms with Gasteiger partial charge in [-0.3, -0.25) is 24.6 Å². The van der Waals surface area contributed by atoms with Crippen molar-refractivity contribution in [1.29, 1.82) is 0 Å². The number of ether oxygens (including phenoxy) is 1. The Hall–Kier alpha value is -2.32. The second-order valence-corrected chi connectivity index (χ2v) is 6.71. The van der Waals surface area contributed by atoms with Crippen molar-refractivity contribution in [3.05, 3.63) is 29.6 Å². The summed E-state index contributed by atoms with van der Waals surface area (Å²) in [4.78, 5) is 39.7. The molecule has 3 amide bonds. The number of fused-ring (bicyclic) bond motifs is 4. The molecule has 4 atom stereocenters. The lowest BCUT2D eigenvalue weighted by atomic mass is 9.76. The monoisotopic (exact) mass is 347 g/mol. The van der Waals surface area contributed by atoms with E-state index in [-0.39, 0.29) is 19.1 Å². The highest BCUT2D eigenvalue weighted by atomic mass is 19.1. The maximum atomic E-state index is 13.8. The average Bonchev–Trinajstić information content (AvgIpc) is 3.12. The molecule has 0 saturated carbocycles. The van der Waals surface area contributed by atoms with Crippen LogP contribution in [0.1, 0.15) is 12.5 Å². The number of likely N-dealkylation sites (tertiary alicyclic amines) is 1. The third kappa shape index (κ3) is 1.95. The maximum Gasteiger partial charge on any atom is 0.250 e. The van der Waals surface area contributed by atoms with Gasteiger partial charge in [-0.25, -0.2) is 4.39 Å². The van der Waals surface area contributed by atoms with E-state index in [4.69, 9.17) is 4.74 Å². The van der Waals surface area contributed by atoms with Crippen molar-refractivity contribution in [2.45, 2.75) is 18.5 Å². The third-order valence-electron chi connectivity index (χ3n) is 5.43. The quantitative estimate of drug-likeness (QED) is 0.764. The first-order chi connectivity index (χ1) is 11.9. The molecule has 7 nitrogen and oxygen atoms in total. The fourth-order valence-corrected chi connectivity index (χ4v) is 4.40. The zero-order valence-corrected chi connectivity index (χ0v) is 13.8. The summed E-state index contributed by atoms with van der Waals surface area (Å²) in [6.07, 6.45) is 0. The summed E-state index contributed by atoms with van der Waals surface area (Å²) < 4.78 is 18.8. The summed E-state index contributed by atoms with van der Waals surface area (Å²) in [5, 5.41) is 5.83. The number of hydrogen-bond donors (Lipinski definition) is 2. The molecule has 0 aromatic heterocycles. The summed E-state index contributed by atoms with van der Waals surface area (Å²) in [6.45, 7) is 2.13. The van der Waals surface area contributed by atoms with Crippen LogP contribution in [0.15, 0.2) is 18.2 Å². The number of nitrogens with one attached hydrogen (secondary N) is 2. The van der Waals surface area contributed by atoms with Gasteiger partial charge >= 0.3 is 0 Å². The van der Waals surface area contributed by atoms with Crippen LogP contribution in [0, 0.1) is 17.7 Å². The van der Waals surface area contributed by atoms with Gasteiger partial charge in [0, 0.05) is 24.4 Å². The second-order valence-electron chi connectivity index (χ2n) is 6.71. The predicted molar refractivity (Wildman–Crippen MR) is 84.9 cm³/mol. The Balaban J connectivity index is 1.83. The first-order valence-corrected chi connectivity index (χ1v) is 8.15. The Morgan fingerprint density at radius 1 is 1.28 bits per heavy atom. The minimum atomic E-state index is -1.42. The molecule has 4 rings (SSSR count). The number of hydrogen-bond acceptors (Lipinski definition) is 5. The summed E-state index contributed by atoms with van der Waals surface area (Å²) in [6, 6.07) is 3.58. The SMILES string of the molecule is COCCN1C(=O)[C@@H]2[C@H](C)N[C@@]3(C(=O)Nc4ccc(F)cc43)[C@H]2C1=O. The minimum Gasteiger partial charge on any atom is -0.383 e. The van der Waals surface area contributed by atoms with Crippen LogP contribution in [0.4, 0.5) is 10.1 Å². The predicted octanol–water partition coefficient (Wildman–Crippen LogP) is 0.212. The lowest BCUT2D eigenvalue weighted by Crippen LogP contribution is -2.53. The van der Waals surface area contributed by atoms with Gasteiger partial charge in [-0.05, 0) is 25.1 Å². The van der Waals surface area contributed by atoms with Gasteiger partial charge in [0.15, 0.2) is 0 Å². The molecule has 2 fully saturated rings. The molecule has 3 heterocycles. The largest absolute Gasteiger partial charge is 0.383 e. The van der Waals surface area contributed by atoms with Crippen molar-refractivity contribution in [2.75, 3.05) is 25.6 Å². The van der Waals surface area contributed by atoms with E-state index in [1.54, 1.807) is 6.92 Å². The number of imide groups is 1. The van der Waals surface area contributed by atoms with Gasteiger partial charge in [-0.1, -0.05) is 0 Å². The van der Waals surface area contributed by atoms with E-state index < -0.39 is 41.0 Å². The smallest absolute Gasteiger partial charge is 0.250 e. The zero-order valence-electron chi connectivity index (χ0n) is 13.8. The number of benzene rings is 1. The van der Waals surface area contributed by atoms with Gasteiger partial charge in [0.25, 0.3) is 0 Å². The van der Waals surface area contributed by atoms with Crippen LogP contribution in [0.3, 0.4) is 0 Å². The van der Waals surface area contributed by atoms with Crippen molar-refractivity contribution < 1.29 is 23.5 Å². The van der Waals surface area contributed by atoms with E-state index in [0.717, 1.165) is 4.90 Å². The summed E-state index contributed by atoms with van der Waals surface area (Å²) >= 11 is 0. The lowest BCUT2D eigenvalue weighted by Gasteiger charge is -2.29. The molecule has 8 heteroatoms. The normalized spacial score (nSPS) is 33.2. The molecule has 25 heavy (non-hydrogen) atoms. The fraction of sp³-hybridized carbons (Fsp3) is 0.471. The van der Waals surface area contributed by atoms with E-state index in [1.807, 2.05) is 0 Å². The third-order valence-corrected chi connectivity index (χ3v) is 5.43. The average molecular weight is 347 g/mol. The van der Waals surface area contributed by atoms with Crippen LogP contribution >= 0.6 is 0 Å².